The molecule has 5 nitrogen and oxygen atoms in total. The summed E-state index contributed by atoms with van der Waals surface area (Å²) in [4.78, 5) is 12.6. The number of rotatable bonds is 9. The van der Waals surface area contributed by atoms with Gasteiger partial charge in [-0.05, 0) is 13.0 Å². The Hall–Kier alpha value is -0.620. The summed E-state index contributed by atoms with van der Waals surface area (Å²) in [6.07, 6.45) is 3.36. The SMILES string of the molecule is CCCCCNCCS(=O)(=O)CC(=O)N(C)C. The van der Waals surface area contributed by atoms with E-state index in [-0.39, 0.29) is 11.7 Å². The third-order valence-corrected chi connectivity index (χ3v) is 3.90. The van der Waals surface area contributed by atoms with Gasteiger partial charge in [0, 0.05) is 20.6 Å². The Balaban J connectivity index is 3.76. The molecule has 0 saturated carbocycles. The van der Waals surface area contributed by atoms with E-state index in [2.05, 4.69) is 12.2 Å². The Morgan fingerprint density at radius 2 is 1.82 bits per heavy atom. The van der Waals surface area contributed by atoms with Crippen LogP contribution < -0.4 is 5.32 Å². The first-order valence-electron chi connectivity index (χ1n) is 6.00. The summed E-state index contributed by atoms with van der Waals surface area (Å²) in [5.41, 5.74) is 0. The van der Waals surface area contributed by atoms with Crippen molar-refractivity contribution in [2.45, 2.75) is 26.2 Å². The average molecular weight is 264 g/mol. The van der Waals surface area contributed by atoms with Gasteiger partial charge in [0.25, 0.3) is 0 Å². The fourth-order valence-electron chi connectivity index (χ4n) is 1.24. The molecule has 0 atom stereocenters. The van der Waals surface area contributed by atoms with Crippen molar-refractivity contribution in [3.8, 4) is 0 Å². The molecule has 0 aliphatic rings. The monoisotopic (exact) mass is 264 g/mol. The second kappa shape index (κ2) is 8.47. The fraction of sp³-hybridized carbons (Fsp3) is 0.909. The van der Waals surface area contributed by atoms with Crippen molar-refractivity contribution >= 4 is 15.7 Å². The number of hydrogen-bond acceptors (Lipinski definition) is 4. The van der Waals surface area contributed by atoms with E-state index in [1.807, 2.05) is 0 Å². The first-order valence-corrected chi connectivity index (χ1v) is 7.82. The maximum Gasteiger partial charge on any atom is 0.237 e. The van der Waals surface area contributed by atoms with Crippen LogP contribution in [0.2, 0.25) is 0 Å². The number of nitrogens with zero attached hydrogens (tertiary/aromatic N) is 1. The molecule has 0 aromatic rings. The Kier molecular flexibility index (Phi) is 8.16. The second-order valence-electron chi connectivity index (χ2n) is 4.34. The zero-order valence-corrected chi connectivity index (χ0v) is 11.8. The van der Waals surface area contributed by atoms with Crippen molar-refractivity contribution < 1.29 is 13.2 Å². The van der Waals surface area contributed by atoms with E-state index in [4.69, 9.17) is 0 Å². The van der Waals surface area contributed by atoms with Crippen LogP contribution in [0.15, 0.2) is 0 Å². The van der Waals surface area contributed by atoms with Gasteiger partial charge in [0.2, 0.25) is 5.91 Å². The van der Waals surface area contributed by atoms with Crippen molar-refractivity contribution in [3.63, 3.8) is 0 Å². The minimum absolute atomic E-state index is 0.0265. The number of hydrogen-bond donors (Lipinski definition) is 1. The zero-order valence-electron chi connectivity index (χ0n) is 11.0. The topological polar surface area (TPSA) is 66.5 Å². The van der Waals surface area contributed by atoms with Gasteiger partial charge in [-0.3, -0.25) is 4.79 Å². The van der Waals surface area contributed by atoms with Gasteiger partial charge in [-0.15, -0.1) is 0 Å². The lowest BCUT2D eigenvalue weighted by molar-refractivity contribution is -0.125. The van der Waals surface area contributed by atoms with Crippen LogP contribution in [0.3, 0.4) is 0 Å². The van der Waals surface area contributed by atoms with Gasteiger partial charge in [-0.2, -0.15) is 0 Å². The summed E-state index contributed by atoms with van der Waals surface area (Å²) in [7, 11) is -0.159. The molecule has 0 radical (unpaired) electrons. The maximum absolute atomic E-state index is 11.5. The molecule has 0 fully saturated rings. The summed E-state index contributed by atoms with van der Waals surface area (Å²) in [6, 6.07) is 0. The lowest BCUT2D eigenvalue weighted by atomic mass is 10.2. The fourth-order valence-corrected chi connectivity index (χ4v) is 2.48. The molecule has 0 unspecified atom stereocenters. The van der Waals surface area contributed by atoms with Crippen molar-refractivity contribution in [3.05, 3.63) is 0 Å². The highest BCUT2D eigenvalue weighted by molar-refractivity contribution is 7.92. The Morgan fingerprint density at radius 3 is 2.35 bits per heavy atom. The Bertz CT molecular complexity index is 313. The predicted molar refractivity (Wildman–Crippen MR) is 69.7 cm³/mol. The molecule has 17 heavy (non-hydrogen) atoms. The molecule has 1 amide bonds. The van der Waals surface area contributed by atoms with Crippen LogP contribution in [0, 0.1) is 0 Å². The highest BCUT2D eigenvalue weighted by atomic mass is 32.2. The molecular formula is C11H24N2O3S. The van der Waals surface area contributed by atoms with Crippen LogP contribution in [-0.2, 0) is 14.6 Å². The van der Waals surface area contributed by atoms with E-state index < -0.39 is 15.6 Å². The lowest BCUT2D eigenvalue weighted by Gasteiger charge is -2.10. The molecule has 0 aliphatic carbocycles. The predicted octanol–water partition coefficient (Wildman–Crippen LogP) is 0.269. The van der Waals surface area contributed by atoms with E-state index in [1.165, 1.54) is 4.90 Å². The number of nitrogens with one attached hydrogen (secondary N) is 1. The summed E-state index contributed by atoms with van der Waals surface area (Å²) in [5, 5.41) is 3.07. The first-order chi connectivity index (χ1) is 7.89. The van der Waals surface area contributed by atoms with Crippen molar-refractivity contribution in [2.75, 3.05) is 38.7 Å². The molecule has 0 bridgehead atoms. The highest BCUT2D eigenvalue weighted by Crippen LogP contribution is 1.94. The number of unbranched alkanes of at least 4 members (excludes halogenated alkanes) is 2. The van der Waals surface area contributed by atoms with Gasteiger partial charge < -0.3 is 10.2 Å². The summed E-state index contributed by atoms with van der Waals surface area (Å²) >= 11 is 0. The van der Waals surface area contributed by atoms with Crippen LogP contribution in [0.1, 0.15) is 26.2 Å². The molecule has 0 rings (SSSR count). The van der Waals surface area contributed by atoms with Gasteiger partial charge >= 0.3 is 0 Å². The molecule has 0 aliphatic heterocycles. The van der Waals surface area contributed by atoms with Crippen molar-refractivity contribution in [2.24, 2.45) is 0 Å². The maximum atomic E-state index is 11.5. The average Bonchev–Trinajstić information content (AvgIpc) is 2.22. The molecule has 0 heterocycles. The van der Waals surface area contributed by atoms with Gasteiger partial charge in [-0.25, -0.2) is 8.42 Å². The van der Waals surface area contributed by atoms with Crippen LogP contribution >= 0.6 is 0 Å². The molecule has 0 aromatic carbocycles. The highest BCUT2D eigenvalue weighted by Gasteiger charge is 2.17. The first kappa shape index (κ1) is 16.4. The van der Waals surface area contributed by atoms with Crippen LogP contribution in [0.5, 0.6) is 0 Å². The van der Waals surface area contributed by atoms with E-state index in [1.54, 1.807) is 14.1 Å². The Labute approximate surface area is 104 Å². The van der Waals surface area contributed by atoms with Gasteiger partial charge in [0.15, 0.2) is 9.84 Å². The third kappa shape index (κ3) is 9.12. The quantitative estimate of drug-likeness (QED) is 0.607. The number of carbonyl (C=O) groups excluding carboxylic acids is 1. The minimum atomic E-state index is -3.27. The molecular weight excluding hydrogens is 240 g/mol. The van der Waals surface area contributed by atoms with Crippen molar-refractivity contribution in [1.82, 2.24) is 10.2 Å². The lowest BCUT2D eigenvalue weighted by Crippen LogP contribution is -2.33. The van der Waals surface area contributed by atoms with E-state index in [9.17, 15) is 13.2 Å². The largest absolute Gasteiger partial charge is 0.348 e. The van der Waals surface area contributed by atoms with Gasteiger partial charge in [-0.1, -0.05) is 19.8 Å². The number of amides is 1. The van der Waals surface area contributed by atoms with E-state index in [0.717, 1.165) is 25.8 Å². The molecule has 0 spiro atoms. The molecule has 0 aromatic heterocycles. The van der Waals surface area contributed by atoms with Crippen LogP contribution in [0.25, 0.3) is 0 Å². The zero-order chi connectivity index (χ0) is 13.3. The molecule has 102 valence electrons. The number of carbonyl (C=O) groups is 1. The Morgan fingerprint density at radius 1 is 1.18 bits per heavy atom. The minimum Gasteiger partial charge on any atom is -0.348 e. The van der Waals surface area contributed by atoms with E-state index in [0.29, 0.717) is 6.54 Å². The third-order valence-electron chi connectivity index (χ3n) is 2.39. The normalized spacial score (nSPS) is 11.5. The summed E-state index contributed by atoms with van der Waals surface area (Å²) in [5.74, 6) is -0.731. The molecule has 0 saturated heterocycles. The van der Waals surface area contributed by atoms with Gasteiger partial charge in [0.05, 0.1) is 5.75 Å². The second-order valence-corrected chi connectivity index (χ2v) is 6.52. The summed E-state index contributed by atoms with van der Waals surface area (Å²) in [6.45, 7) is 3.38. The van der Waals surface area contributed by atoms with Gasteiger partial charge in [0.1, 0.15) is 5.75 Å². The standard InChI is InChI=1S/C11H24N2O3S/c1-4-5-6-7-12-8-9-17(15,16)10-11(14)13(2)3/h12H,4-10H2,1-3H3. The number of sulfone groups is 1. The molecule has 1 N–H and O–H groups in total. The van der Waals surface area contributed by atoms with Crippen molar-refractivity contribution in [1.29, 1.82) is 0 Å². The summed E-state index contributed by atoms with van der Waals surface area (Å²) < 4.78 is 23.1. The van der Waals surface area contributed by atoms with Crippen LogP contribution in [-0.4, -0.2) is 57.9 Å². The van der Waals surface area contributed by atoms with E-state index >= 15 is 0 Å². The van der Waals surface area contributed by atoms with Crippen LogP contribution in [0.4, 0.5) is 0 Å². The smallest absolute Gasteiger partial charge is 0.237 e. The molecule has 6 heteroatoms.